The Labute approximate surface area is 118 Å². The van der Waals surface area contributed by atoms with Crippen LogP contribution < -0.4 is 4.57 Å². The van der Waals surface area contributed by atoms with Crippen LogP contribution in [0.3, 0.4) is 0 Å². The quantitative estimate of drug-likeness (QED) is 0.296. The van der Waals surface area contributed by atoms with Gasteiger partial charge in [0.05, 0.1) is 5.38 Å². The summed E-state index contributed by atoms with van der Waals surface area (Å²) in [6.07, 6.45) is 0. The summed E-state index contributed by atoms with van der Waals surface area (Å²) in [7, 11) is 0. The molecule has 2 aromatic rings. The predicted octanol–water partition coefficient (Wildman–Crippen LogP) is 2.83. The van der Waals surface area contributed by atoms with Gasteiger partial charge in [0, 0.05) is 16.1 Å². The van der Waals surface area contributed by atoms with Crippen LogP contribution in [0.2, 0.25) is 0 Å². The average Bonchev–Trinajstić information content (AvgIpc) is 2.73. The summed E-state index contributed by atoms with van der Waals surface area (Å²) in [5, 5.41) is 14.6. The SMILES string of the molecule is Cc1csc[n+]1C/C(=N\O)c1ccc(I)cc1. The molecule has 2 rings (SSSR count). The van der Waals surface area contributed by atoms with Gasteiger partial charge < -0.3 is 5.21 Å². The molecule has 17 heavy (non-hydrogen) atoms. The highest BCUT2D eigenvalue weighted by molar-refractivity contribution is 14.1. The van der Waals surface area contributed by atoms with E-state index in [4.69, 9.17) is 5.21 Å². The van der Waals surface area contributed by atoms with E-state index in [1.54, 1.807) is 11.3 Å². The normalized spacial score (nSPS) is 11.8. The van der Waals surface area contributed by atoms with Crippen LogP contribution in [0.5, 0.6) is 0 Å². The first-order valence-electron chi connectivity index (χ1n) is 5.10. The molecule has 0 aliphatic carbocycles. The highest BCUT2D eigenvalue weighted by Crippen LogP contribution is 2.08. The minimum atomic E-state index is 0.590. The van der Waals surface area contributed by atoms with Gasteiger partial charge in [-0.15, -0.1) is 0 Å². The number of hydrogen-bond donors (Lipinski definition) is 1. The van der Waals surface area contributed by atoms with Crippen molar-refractivity contribution in [2.45, 2.75) is 13.5 Å². The summed E-state index contributed by atoms with van der Waals surface area (Å²) in [6, 6.07) is 7.95. The van der Waals surface area contributed by atoms with E-state index in [9.17, 15) is 0 Å². The number of thiazole rings is 1. The van der Waals surface area contributed by atoms with E-state index in [1.165, 1.54) is 9.26 Å². The second-order valence-electron chi connectivity index (χ2n) is 3.68. The molecular weight excluding hydrogens is 347 g/mol. The molecule has 0 bridgehead atoms. The van der Waals surface area contributed by atoms with Crippen LogP contribution in [0.1, 0.15) is 11.3 Å². The molecule has 0 saturated carbocycles. The highest BCUT2D eigenvalue weighted by Gasteiger charge is 2.14. The number of rotatable bonds is 3. The fraction of sp³-hybridized carbons (Fsp3) is 0.167. The monoisotopic (exact) mass is 359 g/mol. The molecule has 1 N–H and O–H groups in total. The van der Waals surface area contributed by atoms with Crippen molar-refractivity contribution in [1.82, 2.24) is 0 Å². The zero-order valence-corrected chi connectivity index (χ0v) is 12.3. The van der Waals surface area contributed by atoms with Gasteiger partial charge in [-0.2, -0.15) is 4.57 Å². The molecule has 0 radical (unpaired) electrons. The maximum Gasteiger partial charge on any atom is 0.225 e. The average molecular weight is 359 g/mol. The Morgan fingerprint density at radius 1 is 1.41 bits per heavy atom. The summed E-state index contributed by atoms with van der Waals surface area (Å²) >= 11 is 3.90. The molecule has 1 heterocycles. The van der Waals surface area contributed by atoms with Crippen molar-refractivity contribution in [3.05, 3.63) is 50.0 Å². The van der Waals surface area contributed by atoms with Gasteiger partial charge in [0.25, 0.3) is 0 Å². The third-order valence-electron chi connectivity index (χ3n) is 2.50. The number of halogens is 1. The van der Waals surface area contributed by atoms with Crippen LogP contribution in [-0.4, -0.2) is 10.9 Å². The summed E-state index contributed by atoms with van der Waals surface area (Å²) in [6.45, 7) is 2.63. The van der Waals surface area contributed by atoms with Crippen molar-refractivity contribution in [2.24, 2.45) is 5.16 Å². The summed E-state index contributed by atoms with van der Waals surface area (Å²) in [5.74, 6) is 0. The van der Waals surface area contributed by atoms with E-state index in [0.717, 1.165) is 5.56 Å². The van der Waals surface area contributed by atoms with Gasteiger partial charge in [-0.1, -0.05) is 28.6 Å². The van der Waals surface area contributed by atoms with E-state index in [2.05, 4.69) is 37.7 Å². The lowest BCUT2D eigenvalue weighted by Crippen LogP contribution is -2.38. The van der Waals surface area contributed by atoms with E-state index >= 15 is 0 Å². The molecule has 0 spiro atoms. The number of aromatic nitrogens is 1. The molecule has 0 saturated heterocycles. The third kappa shape index (κ3) is 3.04. The van der Waals surface area contributed by atoms with Crippen LogP contribution in [0, 0.1) is 10.5 Å². The second-order valence-corrected chi connectivity index (χ2v) is 5.65. The Morgan fingerprint density at radius 2 is 2.12 bits per heavy atom. The van der Waals surface area contributed by atoms with Crippen LogP contribution in [0.15, 0.2) is 40.3 Å². The Morgan fingerprint density at radius 3 is 2.65 bits per heavy atom. The van der Waals surface area contributed by atoms with E-state index < -0.39 is 0 Å². The largest absolute Gasteiger partial charge is 0.410 e. The van der Waals surface area contributed by atoms with Crippen molar-refractivity contribution < 1.29 is 9.77 Å². The molecule has 3 nitrogen and oxygen atoms in total. The number of benzene rings is 1. The zero-order chi connectivity index (χ0) is 12.3. The topological polar surface area (TPSA) is 36.5 Å². The van der Waals surface area contributed by atoms with Gasteiger partial charge in [-0.05, 0) is 34.7 Å². The molecule has 5 heteroatoms. The first kappa shape index (κ1) is 12.5. The van der Waals surface area contributed by atoms with Gasteiger partial charge in [-0.25, -0.2) is 0 Å². The summed E-state index contributed by atoms with van der Waals surface area (Å²) < 4.78 is 3.24. The first-order chi connectivity index (χ1) is 8.20. The molecule has 0 amide bonds. The van der Waals surface area contributed by atoms with Crippen molar-refractivity contribution in [1.29, 1.82) is 0 Å². The Kier molecular flexibility index (Phi) is 4.11. The van der Waals surface area contributed by atoms with Crippen molar-refractivity contribution >= 4 is 39.6 Å². The van der Waals surface area contributed by atoms with Gasteiger partial charge in [0.2, 0.25) is 5.51 Å². The standard InChI is InChI=1S/C12H11IN2OS/c1-9-7-17-8-15(9)6-12(14-16)10-2-4-11(13)5-3-10/h2-5,7-8H,6H2,1H3/p+1/b14-12+. The molecular formula is C12H12IN2OS+. The smallest absolute Gasteiger partial charge is 0.225 e. The minimum Gasteiger partial charge on any atom is -0.410 e. The summed E-state index contributed by atoms with van der Waals surface area (Å²) in [5.41, 5.74) is 4.81. The van der Waals surface area contributed by atoms with Crippen LogP contribution in [0.25, 0.3) is 0 Å². The van der Waals surface area contributed by atoms with Gasteiger partial charge >= 0.3 is 0 Å². The van der Waals surface area contributed by atoms with Gasteiger partial charge in [0.15, 0.2) is 18.0 Å². The predicted molar refractivity (Wildman–Crippen MR) is 76.7 cm³/mol. The molecule has 0 aliphatic rings. The molecule has 0 fully saturated rings. The van der Waals surface area contributed by atoms with Crippen LogP contribution in [-0.2, 0) is 6.54 Å². The lowest BCUT2D eigenvalue weighted by atomic mass is 10.1. The molecule has 1 aromatic heterocycles. The van der Waals surface area contributed by atoms with Gasteiger partial charge in [0.1, 0.15) is 0 Å². The Bertz CT molecular complexity index is 534. The molecule has 0 aliphatic heterocycles. The number of nitrogens with zero attached hydrogens (tertiary/aromatic N) is 2. The minimum absolute atomic E-state index is 0.590. The Balaban J connectivity index is 2.24. The van der Waals surface area contributed by atoms with Gasteiger partial charge in [-0.3, -0.25) is 0 Å². The third-order valence-corrected chi connectivity index (χ3v) is 4.07. The molecule has 0 atom stereocenters. The first-order valence-corrected chi connectivity index (χ1v) is 7.12. The fourth-order valence-electron chi connectivity index (χ4n) is 1.50. The van der Waals surface area contributed by atoms with Crippen molar-refractivity contribution in [3.8, 4) is 0 Å². The molecule has 1 aromatic carbocycles. The second kappa shape index (κ2) is 5.59. The number of hydrogen-bond acceptors (Lipinski definition) is 3. The fourth-order valence-corrected chi connectivity index (χ4v) is 2.64. The lowest BCUT2D eigenvalue weighted by molar-refractivity contribution is -0.683. The highest BCUT2D eigenvalue weighted by atomic mass is 127. The molecule has 88 valence electrons. The maximum absolute atomic E-state index is 9.11. The van der Waals surface area contributed by atoms with Crippen LogP contribution in [0.4, 0.5) is 0 Å². The lowest BCUT2D eigenvalue weighted by Gasteiger charge is -2.01. The van der Waals surface area contributed by atoms with E-state index in [1.807, 2.05) is 36.7 Å². The number of oxime groups is 1. The maximum atomic E-state index is 9.11. The van der Waals surface area contributed by atoms with E-state index in [-0.39, 0.29) is 0 Å². The Hall–Kier alpha value is -0.950. The van der Waals surface area contributed by atoms with Crippen LogP contribution >= 0.6 is 33.9 Å². The van der Waals surface area contributed by atoms with Crippen molar-refractivity contribution in [3.63, 3.8) is 0 Å². The zero-order valence-electron chi connectivity index (χ0n) is 9.30. The summed E-state index contributed by atoms with van der Waals surface area (Å²) in [4.78, 5) is 0. The number of aryl methyl sites for hydroxylation is 1. The van der Waals surface area contributed by atoms with E-state index in [0.29, 0.717) is 12.3 Å². The van der Waals surface area contributed by atoms with Crippen molar-refractivity contribution in [2.75, 3.05) is 0 Å². The molecule has 0 unspecified atom stereocenters.